The highest BCUT2D eigenvalue weighted by Crippen LogP contribution is 2.18. The molecular weight excluding hydrogens is 231 g/mol. The summed E-state index contributed by atoms with van der Waals surface area (Å²) in [5, 5.41) is 4.29. The fourth-order valence-corrected chi connectivity index (χ4v) is 2.11. The number of nitrogens with one attached hydrogen (secondary N) is 1. The van der Waals surface area contributed by atoms with Crippen molar-refractivity contribution in [3.8, 4) is 0 Å². The Morgan fingerprint density at radius 1 is 1.44 bits per heavy atom. The second-order valence-corrected chi connectivity index (χ2v) is 4.39. The monoisotopic (exact) mass is 248 g/mol. The zero-order chi connectivity index (χ0) is 13.1. The molecular formula is C13H17FN4. The number of rotatable bonds is 4. The Kier molecular flexibility index (Phi) is 3.74. The summed E-state index contributed by atoms with van der Waals surface area (Å²) >= 11 is 0. The van der Waals surface area contributed by atoms with Gasteiger partial charge in [-0.15, -0.1) is 0 Å². The molecule has 96 valence electrons. The minimum absolute atomic E-state index is 0.0852. The molecule has 1 aromatic heterocycles. The summed E-state index contributed by atoms with van der Waals surface area (Å²) < 4.78 is 14.9. The molecule has 0 amide bonds. The van der Waals surface area contributed by atoms with Crippen molar-refractivity contribution < 1.29 is 4.39 Å². The molecule has 0 radical (unpaired) electrons. The third kappa shape index (κ3) is 2.75. The molecule has 5 heteroatoms. The Morgan fingerprint density at radius 2 is 2.22 bits per heavy atom. The van der Waals surface area contributed by atoms with Crippen LogP contribution in [-0.2, 0) is 13.5 Å². The number of nitrogens with two attached hydrogens (primary N) is 1. The second kappa shape index (κ2) is 5.29. The van der Waals surface area contributed by atoms with E-state index in [4.69, 9.17) is 5.84 Å². The highest BCUT2D eigenvalue weighted by molar-refractivity contribution is 5.21. The summed E-state index contributed by atoms with van der Waals surface area (Å²) in [5.41, 5.74) is 5.58. The van der Waals surface area contributed by atoms with Crippen LogP contribution in [0.1, 0.15) is 23.0 Å². The van der Waals surface area contributed by atoms with Crippen molar-refractivity contribution in [3.05, 3.63) is 53.1 Å². The first-order valence-electron chi connectivity index (χ1n) is 5.81. The quantitative estimate of drug-likeness (QED) is 0.638. The normalized spacial score (nSPS) is 12.7. The van der Waals surface area contributed by atoms with Gasteiger partial charge in [-0.25, -0.2) is 4.39 Å². The molecule has 2 aromatic rings. The second-order valence-electron chi connectivity index (χ2n) is 4.39. The van der Waals surface area contributed by atoms with E-state index in [1.54, 1.807) is 10.7 Å². The smallest absolute Gasteiger partial charge is 0.123 e. The maximum Gasteiger partial charge on any atom is 0.123 e. The average Bonchev–Trinajstić information content (AvgIpc) is 2.65. The zero-order valence-electron chi connectivity index (χ0n) is 10.5. The van der Waals surface area contributed by atoms with Gasteiger partial charge in [-0.1, -0.05) is 12.1 Å². The first-order valence-corrected chi connectivity index (χ1v) is 5.81. The summed E-state index contributed by atoms with van der Waals surface area (Å²) in [6.07, 6.45) is 0.618. The highest BCUT2D eigenvalue weighted by atomic mass is 19.1. The molecule has 0 aliphatic rings. The number of aromatic nitrogens is 2. The summed E-state index contributed by atoms with van der Waals surface area (Å²) in [4.78, 5) is 0. The van der Waals surface area contributed by atoms with E-state index in [0.29, 0.717) is 6.42 Å². The molecule has 0 saturated heterocycles. The number of aryl methyl sites for hydroxylation is 2. The van der Waals surface area contributed by atoms with Crippen LogP contribution in [0.3, 0.4) is 0 Å². The summed E-state index contributed by atoms with van der Waals surface area (Å²) in [6, 6.07) is 8.43. The molecule has 0 aliphatic heterocycles. The maximum atomic E-state index is 13.1. The van der Waals surface area contributed by atoms with Crippen LogP contribution in [0.4, 0.5) is 4.39 Å². The predicted octanol–water partition coefficient (Wildman–Crippen LogP) is 1.61. The van der Waals surface area contributed by atoms with E-state index in [2.05, 4.69) is 10.5 Å². The Labute approximate surface area is 106 Å². The molecule has 2 rings (SSSR count). The van der Waals surface area contributed by atoms with E-state index in [0.717, 1.165) is 17.0 Å². The van der Waals surface area contributed by atoms with Gasteiger partial charge in [-0.3, -0.25) is 16.0 Å². The van der Waals surface area contributed by atoms with Gasteiger partial charge in [0.25, 0.3) is 0 Å². The molecule has 1 atom stereocenters. The zero-order valence-corrected chi connectivity index (χ0v) is 10.5. The lowest BCUT2D eigenvalue weighted by Gasteiger charge is -2.16. The van der Waals surface area contributed by atoms with Crippen LogP contribution in [0, 0.1) is 12.7 Å². The van der Waals surface area contributed by atoms with Crippen LogP contribution < -0.4 is 11.3 Å². The lowest BCUT2D eigenvalue weighted by molar-refractivity contribution is 0.506. The van der Waals surface area contributed by atoms with E-state index < -0.39 is 0 Å². The summed E-state index contributed by atoms with van der Waals surface area (Å²) in [5.74, 6) is 5.35. The first kappa shape index (κ1) is 12.7. The van der Waals surface area contributed by atoms with E-state index >= 15 is 0 Å². The predicted molar refractivity (Wildman–Crippen MR) is 68.1 cm³/mol. The van der Waals surface area contributed by atoms with Gasteiger partial charge < -0.3 is 0 Å². The minimum atomic E-state index is -0.232. The number of hydrazine groups is 1. The highest BCUT2D eigenvalue weighted by Gasteiger charge is 2.15. The molecule has 0 saturated carbocycles. The van der Waals surface area contributed by atoms with Gasteiger partial charge in [-0.05, 0) is 37.1 Å². The van der Waals surface area contributed by atoms with Gasteiger partial charge in [0, 0.05) is 7.05 Å². The van der Waals surface area contributed by atoms with Crippen LogP contribution in [0.5, 0.6) is 0 Å². The molecule has 0 bridgehead atoms. The lowest BCUT2D eigenvalue weighted by Crippen LogP contribution is -2.31. The molecule has 1 heterocycles. The van der Waals surface area contributed by atoms with Crippen LogP contribution in [0.15, 0.2) is 30.3 Å². The van der Waals surface area contributed by atoms with Gasteiger partial charge in [0.2, 0.25) is 0 Å². The van der Waals surface area contributed by atoms with E-state index in [1.807, 2.05) is 26.1 Å². The van der Waals surface area contributed by atoms with Crippen molar-refractivity contribution in [2.24, 2.45) is 12.9 Å². The molecule has 0 aliphatic carbocycles. The third-order valence-electron chi connectivity index (χ3n) is 2.93. The number of hydrogen-bond acceptors (Lipinski definition) is 3. The Hall–Kier alpha value is -1.72. The number of halogens is 1. The molecule has 3 N–H and O–H groups in total. The van der Waals surface area contributed by atoms with Crippen molar-refractivity contribution >= 4 is 0 Å². The maximum absolute atomic E-state index is 13.1. The molecule has 1 unspecified atom stereocenters. The van der Waals surface area contributed by atoms with Crippen LogP contribution in [0.25, 0.3) is 0 Å². The van der Waals surface area contributed by atoms with Crippen molar-refractivity contribution in [3.63, 3.8) is 0 Å². The van der Waals surface area contributed by atoms with Gasteiger partial charge in [0.15, 0.2) is 0 Å². The Bertz CT molecular complexity index is 536. The van der Waals surface area contributed by atoms with Crippen LogP contribution in [0.2, 0.25) is 0 Å². The van der Waals surface area contributed by atoms with E-state index in [9.17, 15) is 4.39 Å². The van der Waals surface area contributed by atoms with Gasteiger partial charge in [-0.2, -0.15) is 5.10 Å². The SMILES string of the molecule is Cc1cc(C(Cc2cccc(F)c2)NN)n(C)n1. The van der Waals surface area contributed by atoms with Gasteiger partial charge >= 0.3 is 0 Å². The van der Waals surface area contributed by atoms with Gasteiger partial charge in [0.05, 0.1) is 17.4 Å². The van der Waals surface area contributed by atoms with Crippen molar-refractivity contribution in [1.82, 2.24) is 15.2 Å². The van der Waals surface area contributed by atoms with Crippen LogP contribution in [-0.4, -0.2) is 9.78 Å². The molecule has 4 nitrogen and oxygen atoms in total. The standard InChI is InChI=1S/C13H17FN4/c1-9-6-13(18(2)17-9)12(16-15)8-10-4-3-5-11(14)7-10/h3-7,12,16H,8,15H2,1-2H3. The molecule has 0 spiro atoms. The Morgan fingerprint density at radius 3 is 2.78 bits per heavy atom. The van der Waals surface area contributed by atoms with E-state index in [1.165, 1.54) is 12.1 Å². The average molecular weight is 248 g/mol. The summed E-state index contributed by atoms with van der Waals surface area (Å²) in [7, 11) is 1.87. The summed E-state index contributed by atoms with van der Waals surface area (Å²) in [6.45, 7) is 1.93. The fraction of sp³-hybridized carbons (Fsp3) is 0.308. The molecule has 18 heavy (non-hydrogen) atoms. The number of nitrogens with zero attached hydrogens (tertiary/aromatic N) is 2. The lowest BCUT2D eigenvalue weighted by atomic mass is 10.0. The van der Waals surface area contributed by atoms with Crippen molar-refractivity contribution in [1.29, 1.82) is 0 Å². The molecule has 0 fully saturated rings. The van der Waals surface area contributed by atoms with Crippen molar-refractivity contribution in [2.45, 2.75) is 19.4 Å². The number of hydrogen-bond donors (Lipinski definition) is 2. The van der Waals surface area contributed by atoms with E-state index in [-0.39, 0.29) is 11.9 Å². The molecule has 1 aromatic carbocycles. The fourth-order valence-electron chi connectivity index (χ4n) is 2.11. The van der Waals surface area contributed by atoms with Crippen LogP contribution >= 0.6 is 0 Å². The topological polar surface area (TPSA) is 55.9 Å². The minimum Gasteiger partial charge on any atom is -0.271 e. The van der Waals surface area contributed by atoms with Crippen molar-refractivity contribution in [2.75, 3.05) is 0 Å². The van der Waals surface area contributed by atoms with Gasteiger partial charge in [0.1, 0.15) is 5.82 Å². The third-order valence-corrected chi connectivity index (χ3v) is 2.93. The Balaban J connectivity index is 2.22. The largest absolute Gasteiger partial charge is 0.271 e. The first-order chi connectivity index (χ1) is 8.60. The number of benzene rings is 1.